The first-order valence-corrected chi connectivity index (χ1v) is 7.21. The summed E-state index contributed by atoms with van der Waals surface area (Å²) in [4.78, 5) is 0. The summed E-state index contributed by atoms with van der Waals surface area (Å²) in [6, 6.07) is 4.77. The number of halogens is 1. The van der Waals surface area contributed by atoms with Gasteiger partial charge in [-0.1, -0.05) is 26.8 Å². The Morgan fingerprint density at radius 2 is 2.00 bits per heavy atom. The Hall–Kier alpha value is -0.740. The second-order valence-electron chi connectivity index (χ2n) is 4.78. The number of hydrogen-bond donors (Lipinski definition) is 1. The number of nitrogens with two attached hydrogens (primary N) is 1. The molecule has 4 heteroatoms. The fourth-order valence-corrected chi connectivity index (χ4v) is 2.55. The van der Waals surface area contributed by atoms with E-state index in [1.807, 2.05) is 17.8 Å². The summed E-state index contributed by atoms with van der Waals surface area (Å²) in [7, 11) is 1.46. The van der Waals surface area contributed by atoms with Crippen molar-refractivity contribution in [2.45, 2.75) is 32.1 Å². The van der Waals surface area contributed by atoms with Crippen molar-refractivity contribution >= 4 is 11.8 Å². The quantitative estimate of drug-likeness (QED) is 0.858. The molecule has 0 heterocycles. The summed E-state index contributed by atoms with van der Waals surface area (Å²) < 4.78 is 18.4. The monoisotopic (exact) mass is 271 g/mol. The molecule has 1 aromatic rings. The van der Waals surface area contributed by atoms with Gasteiger partial charge in [0.15, 0.2) is 11.6 Å². The number of benzene rings is 1. The zero-order chi connectivity index (χ0) is 13.7. The second-order valence-corrected chi connectivity index (χ2v) is 6.19. The number of methoxy groups -OCH3 is 1. The summed E-state index contributed by atoms with van der Waals surface area (Å²) in [6.45, 7) is 6.57. The van der Waals surface area contributed by atoms with Gasteiger partial charge in [0.1, 0.15) is 0 Å². The van der Waals surface area contributed by atoms with Gasteiger partial charge in [-0.2, -0.15) is 11.8 Å². The van der Waals surface area contributed by atoms with Crippen molar-refractivity contribution < 1.29 is 9.13 Å². The third-order valence-corrected chi connectivity index (χ3v) is 4.70. The van der Waals surface area contributed by atoms with Crippen LogP contribution in [0.4, 0.5) is 4.39 Å². The van der Waals surface area contributed by atoms with Crippen LogP contribution >= 0.6 is 11.8 Å². The van der Waals surface area contributed by atoms with E-state index < -0.39 is 0 Å². The number of hydrogen-bond acceptors (Lipinski definition) is 3. The van der Waals surface area contributed by atoms with Crippen LogP contribution in [0.15, 0.2) is 18.2 Å². The summed E-state index contributed by atoms with van der Waals surface area (Å²) in [5, 5.41) is 0.555. The maximum Gasteiger partial charge on any atom is 0.165 e. The Morgan fingerprint density at radius 3 is 2.50 bits per heavy atom. The second kappa shape index (κ2) is 7.00. The Kier molecular flexibility index (Phi) is 5.96. The van der Waals surface area contributed by atoms with Gasteiger partial charge in [0.05, 0.1) is 7.11 Å². The van der Waals surface area contributed by atoms with Crippen molar-refractivity contribution in [3.63, 3.8) is 0 Å². The van der Waals surface area contributed by atoms with Gasteiger partial charge in [-0.15, -0.1) is 0 Å². The standard InChI is InChI=1S/C14H22FNOS/c1-9(2)10(3)18-8-13(16)11-5-6-14(17-4)12(15)7-11/h5-7,9-10,13H,8,16H2,1-4H3. The minimum Gasteiger partial charge on any atom is -0.494 e. The van der Waals surface area contributed by atoms with Crippen LogP contribution in [0.3, 0.4) is 0 Å². The summed E-state index contributed by atoms with van der Waals surface area (Å²) in [5.74, 6) is 1.32. The molecule has 0 saturated carbocycles. The normalized spacial score (nSPS) is 14.6. The van der Waals surface area contributed by atoms with Crippen molar-refractivity contribution in [2.24, 2.45) is 11.7 Å². The molecule has 0 aromatic heterocycles. The molecule has 18 heavy (non-hydrogen) atoms. The highest BCUT2D eigenvalue weighted by molar-refractivity contribution is 7.99. The van der Waals surface area contributed by atoms with Crippen molar-refractivity contribution in [3.8, 4) is 5.75 Å². The van der Waals surface area contributed by atoms with E-state index in [-0.39, 0.29) is 17.6 Å². The van der Waals surface area contributed by atoms with E-state index in [9.17, 15) is 4.39 Å². The van der Waals surface area contributed by atoms with E-state index in [2.05, 4.69) is 20.8 Å². The first-order chi connectivity index (χ1) is 8.45. The maximum absolute atomic E-state index is 13.6. The first-order valence-electron chi connectivity index (χ1n) is 6.16. The van der Waals surface area contributed by atoms with E-state index in [0.717, 1.165) is 11.3 Å². The molecule has 2 atom stereocenters. The van der Waals surface area contributed by atoms with Gasteiger partial charge in [0, 0.05) is 17.0 Å². The SMILES string of the molecule is COc1ccc(C(N)CSC(C)C(C)C)cc1F. The molecule has 0 amide bonds. The predicted molar refractivity (Wildman–Crippen MR) is 76.6 cm³/mol. The molecule has 0 fully saturated rings. The van der Waals surface area contributed by atoms with Gasteiger partial charge in [-0.3, -0.25) is 0 Å². The molecule has 102 valence electrons. The van der Waals surface area contributed by atoms with Crippen LogP contribution in [0.2, 0.25) is 0 Å². The van der Waals surface area contributed by atoms with Crippen molar-refractivity contribution in [3.05, 3.63) is 29.6 Å². The van der Waals surface area contributed by atoms with Crippen LogP contribution in [0.5, 0.6) is 5.75 Å². The van der Waals surface area contributed by atoms with Crippen LogP contribution in [0.1, 0.15) is 32.4 Å². The molecule has 2 N–H and O–H groups in total. The molecule has 0 aliphatic rings. The molecule has 0 bridgehead atoms. The van der Waals surface area contributed by atoms with Crippen LogP contribution in [0.25, 0.3) is 0 Å². The summed E-state index contributed by atoms with van der Waals surface area (Å²) in [6.07, 6.45) is 0. The van der Waals surface area contributed by atoms with Gasteiger partial charge >= 0.3 is 0 Å². The minimum absolute atomic E-state index is 0.142. The van der Waals surface area contributed by atoms with Crippen LogP contribution < -0.4 is 10.5 Å². The highest BCUT2D eigenvalue weighted by atomic mass is 32.2. The van der Waals surface area contributed by atoms with E-state index >= 15 is 0 Å². The third-order valence-electron chi connectivity index (χ3n) is 3.08. The average Bonchev–Trinajstić information content (AvgIpc) is 2.35. The first kappa shape index (κ1) is 15.3. The zero-order valence-electron chi connectivity index (χ0n) is 11.4. The van der Waals surface area contributed by atoms with Crippen molar-refractivity contribution in [1.82, 2.24) is 0 Å². The fourth-order valence-electron chi connectivity index (χ4n) is 1.46. The Morgan fingerprint density at radius 1 is 1.33 bits per heavy atom. The Bertz CT molecular complexity index is 384. The van der Waals surface area contributed by atoms with Gasteiger partial charge < -0.3 is 10.5 Å². The topological polar surface area (TPSA) is 35.2 Å². The van der Waals surface area contributed by atoms with E-state index in [4.69, 9.17) is 10.5 Å². The minimum atomic E-state index is -0.354. The van der Waals surface area contributed by atoms with Gasteiger partial charge in [0.2, 0.25) is 0 Å². The van der Waals surface area contributed by atoms with Crippen LogP contribution in [-0.4, -0.2) is 18.1 Å². The number of thioether (sulfide) groups is 1. The molecule has 1 aromatic carbocycles. The third kappa shape index (κ3) is 4.18. The average molecular weight is 271 g/mol. The van der Waals surface area contributed by atoms with Gasteiger partial charge in [0.25, 0.3) is 0 Å². The molecule has 0 spiro atoms. The Balaban J connectivity index is 2.61. The van der Waals surface area contributed by atoms with Crippen LogP contribution in [-0.2, 0) is 0 Å². The molecule has 2 unspecified atom stereocenters. The fraction of sp³-hybridized carbons (Fsp3) is 0.571. The largest absolute Gasteiger partial charge is 0.494 e. The lowest BCUT2D eigenvalue weighted by Gasteiger charge is -2.18. The molecule has 0 aliphatic heterocycles. The van der Waals surface area contributed by atoms with Crippen LogP contribution in [0, 0.1) is 11.7 Å². The highest BCUT2D eigenvalue weighted by Gasteiger charge is 2.13. The molecule has 2 nitrogen and oxygen atoms in total. The zero-order valence-corrected chi connectivity index (χ0v) is 12.3. The lowest BCUT2D eigenvalue weighted by molar-refractivity contribution is 0.386. The lowest BCUT2D eigenvalue weighted by Crippen LogP contribution is -2.16. The predicted octanol–water partition coefficient (Wildman–Crippen LogP) is 3.61. The van der Waals surface area contributed by atoms with Gasteiger partial charge in [-0.25, -0.2) is 4.39 Å². The number of rotatable bonds is 6. The van der Waals surface area contributed by atoms with Gasteiger partial charge in [-0.05, 0) is 23.6 Å². The van der Waals surface area contributed by atoms with E-state index in [1.54, 1.807) is 6.07 Å². The molecular weight excluding hydrogens is 249 g/mol. The lowest BCUT2D eigenvalue weighted by atomic mass is 10.1. The molecular formula is C14H22FNOS. The van der Waals surface area contributed by atoms with Crippen molar-refractivity contribution in [2.75, 3.05) is 12.9 Å². The molecule has 0 aliphatic carbocycles. The summed E-state index contributed by atoms with van der Waals surface area (Å²) >= 11 is 1.82. The Labute approximate surface area is 113 Å². The molecule has 0 radical (unpaired) electrons. The summed E-state index contributed by atoms with van der Waals surface area (Å²) in [5.41, 5.74) is 6.89. The number of ether oxygens (including phenoxy) is 1. The molecule has 0 saturated heterocycles. The van der Waals surface area contributed by atoms with Crippen molar-refractivity contribution in [1.29, 1.82) is 0 Å². The maximum atomic E-state index is 13.6. The van der Waals surface area contributed by atoms with E-state index in [0.29, 0.717) is 11.2 Å². The smallest absolute Gasteiger partial charge is 0.165 e. The highest BCUT2D eigenvalue weighted by Crippen LogP contribution is 2.26. The molecule has 1 rings (SSSR count). The van der Waals surface area contributed by atoms with E-state index in [1.165, 1.54) is 13.2 Å².